The zero-order valence-electron chi connectivity index (χ0n) is 16.0. The van der Waals surface area contributed by atoms with Crippen LogP contribution in [0.4, 0.5) is 5.69 Å². The number of nitrogens with zero attached hydrogens (tertiary/aromatic N) is 2. The van der Waals surface area contributed by atoms with Crippen LogP contribution in [0.15, 0.2) is 54.9 Å². The van der Waals surface area contributed by atoms with Crippen LogP contribution in [0.3, 0.4) is 0 Å². The van der Waals surface area contributed by atoms with E-state index in [9.17, 15) is 18.0 Å². The molecule has 0 saturated carbocycles. The molecule has 0 aliphatic carbocycles. The molecule has 0 spiro atoms. The summed E-state index contributed by atoms with van der Waals surface area (Å²) < 4.78 is 26.6. The molecule has 3 rings (SSSR count). The van der Waals surface area contributed by atoms with Gasteiger partial charge in [-0.2, -0.15) is 0 Å². The first kappa shape index (κ1) is 20.9. The van der Waals surface area contributed by atoms with Crippen molar-refractivity contribution >= 4 is 27.5 Å². The predicted molar refractivity (Wildman–Crippen MR) is 109 cm³/mol. The molecule has 1 aromatic heterocycles. The van der Waals surface area contributed by atoms with E-state index in [0.717, 1.165) is 5.56 Å². The number of nitrogens with one attached hydrogen (secondary N) is 2. The third kappa shape index (κ3) is 6.10. The number of sulfonamides is 1. The third-order valence-electron chi connectivity index (χ3n) is 4.78. The number of aromatic nitrogens is 1. The van der Waals surface area contributed by atoms with Gasteiger partial charge in [-0.25, -0.2) is 12.7 Å². The first-order chi connectivity index (χ1) is 13.9. The van der Waals surface area contributed by atoms with Crippen LogP contribution in [-0.4, -0.2) is 49.2 Å². The molecule has 1 fully saturated rings. The van der Waals surface area contributed by atoms with E-state index < -0.39 is 10.0 Å². The van der Waals surface area contributed by atoms with Crippen LogP contribution in [0.2, 0.25) is 0 Å². The quantitative estimate of drug-likeness (QED) is 0.709. The Kier molecular flexibility index (Phi) is 6.95. The normalized spacial score (nSPS) is 15.6. The first-order valence-electron chi connectivity index (χ1n) is 9.43. The minimum Gasteiger partial charge on any atom is -0.347 e. The molecule has 2 N–H and O–H groups in total. The monoisotopic (exact) mass is 416 g/mol. The molecule has 9 heteroatoms. The molecule has 2 heterocycles. The Labute approximate surface area is 170 Å². The highest BCUT2D eigenvalue weighted by Gasteiger charge is 2.31. The van der Waals surface area contributed by atoms with E-state index in [2.05, 4.69) is 15.6 Å². The van der Waals surface area contributed by atoms with Crippen LogP contribution in [0.5, 0.6) is 0 Å². The molecule has 8 nitrogen and oxygen atoms in total. The highest BCUT2D eigenvalue weighted by molar-refractivity contribution is 7.88. The Morgan fingerprint density at radius 2 is 1.79 bits per heavy atom. The van der Waals surface area contributed by atoms with Gasteiger partial charge < -0.3 is 10.6 Å². The average molecular weight is 417 g/mol. The van der Waals surface area contributed by atoms with Gasteiger partial charge in [-0.15, -0.1) is 0 Å². The van der Waals surface area contributed by atoms with Gasteiger partial charge in [-0.1, -0.05) is 30.3 Å². The van der Waals surface area contributed by atoms with Crippen molar-refractivity contribution in [3.05, 3.63) is 60.4 Å². The molecule has 0 bridgehead atoms. The molecule has 1 aliphatic heterocycles. The van der Waals surface area contributed by atoms with Gasteiger partial charge in [0.15, 0.2) is 0 Å². The Morgan fingerprint density at radius 3 is 2.45 bits per heavy atom. The van der Waals surface area contributed by atoms with Crippen molar-refractivity contribution in [1.82, 2.24) is 14.6 Å². The molecule has 154 valence electrons. The zero-order chi connectivity index (χ0) is 20.7. The largest absolute Gasteiger partial charge is 0.347 e. The molecule has 29 heavy (non-hydrogen) atoms. The minimum absolute atomic E-state index is 0.0424. The number of benzene rings is 1. The van der Waals surface area contributed by atoms with E-state index in [4.69, 9.17) is 0 Å². The highest BCUT2D eigenvalue weighted by atomic mass is 32.2. The van der Waals surface area contributed by atoms with E-state index in [1.54, 1.807) is 30.5 Å². The Hall–Kier alpha value is -2.78. The van der Waals surface area contributed by atoms with Gasteiger partial charge in [0.2, 0.25) is 21.8 Å². The maximum absolute atomic E-state index is 12.6. The number of pyridine rings is 1. The SMILES string of the molecule is O=C(CNC(=O)C1CCN(S(=O)(=O)Cc2ccccc2)CC1)Nc1cccnc1. The topological polar surface area (TPSA) is 108 Å². The summed E-state index contributed by atoms with van der Waals surface area (Å²) in [6, 6.07) is 12.4. The summed E-state index contributed by atoms with van der Waals surface area (Å²) in [6.07, 6.45) is 3.99. The van der Waals surface area contributed by atoms with Crippen molar-refractivity contribution in [1.29, 1.82) is 0 Å². The van der Waals surface area contributed by atoms with Crippen molar-refractivity contribution < 1.29 is 18.0 Å². The number of hydrogen-bond acceptors (Lipinski definition) is 5. The summed E-state index contributed by atoms with van der Waals surface area (Å²) in [7, 11) is -3.41. The number of carbonyl (C=O) groups excluding carboxylic acids is 2. The van der Waals surface area contributed by atoms with Crippen LogP contribution >= 0.6 is 0 Å². The van der Waals surface area contributed by atoms with Crippen LogP contribution in [0, 0.1) is 5.92 Å². The fraction of sp³-hybridized carbons (Fsp3) is 0.350. The summed E-state index contributed by atoms with van der Waals surface area (Å²) in [4.78, 5) is 28.2. The summed E-state index contributed by atoms with van der Waals surface area (Å²) in [5, 5.41) is 5.27. The lowest BCUT2D eigenvalue weighted by atomic mass is 9.97. The minimum atomic E-state index is -3.41. The van der Waals surface area contributed by atoms with Crippen LogP contribution in [0.25, 0.3) is 0 Å². The van der Waals surface area contributed by atoms with Crippen molar-refractivity contribution in [2.24, 2.45) is 5.92 Å². The number of hydrogen-bond donors (Lipinski definition) is 2. The van der Waals surface area contributed by atoms with Crippen LogP contribution < -0.4 is 10.6 Å². The van der Waals surface area contributed by atoms with Gasteiger partial charge >= 0.3 is 0 Å². The van der Waals surface area contributed by atoms with E-state index in [0.29, 0.717) is 31.6 Å². The molecular weight excluding hydrogens is 392 g/mol. The Balaban J connectivity index is 1.43. The smallest absolute Gasteiger partial charge is 0.243 e. The van der Waals surface area contributed by atoms with Crippen LogP contribution in [0.1, 0.15) is 18.4 Å². The van der Waals surface area contributed by atoms with Gasteiger partial charge in [0.25, 0.3) is 0 Å². The second-order valence-corrected chi connectivity index (χ2v) is 8.89. The molecule has 1 aromatic carbocycles. The van der Waals surface area contributed by atoms with E-state index >= 15 is 0 Å². The maximum Gasteiger partial charge on any atom is 0.243 e. The lowest BCUT2D eigenvalue weighted by molar-refractivity contribution is -0.128. The van der Waals surface area contributed by atoms with Crippen molar-refractivity contribution in [2.45, 2.75) is 18.6 Å². The summed E-state index contributed by atoms with van der Waals surface area (Å²) in [5.74, 6) is -0.913. The summed E-state index contributed by atoms with van der Waals surface area (Å²) >= 11 is 0. The zero-order valence-corrected chi connectivity index (χ0v) is 16.8. The molecule has 0 atom stereocenters. The molecule has 2 amide bonds. The van der Waals surface area contributed by atoms with Gasteiger partial charge in [0, 0.05) is 25.2 Å². The van der Waals surface area contributed by atoms with Crippen molar-refractivity contribution in [3.63, 3.8) is 0 Å². The molecule has 2 aromatic rings. The highest BCUT2D eigenvalue weighted by Crippen LogP contribution is 2.21. The summed E-state index contributed by atoms with van der Waals surface area (Å²) in [5.41, 5.74) is 1.30. The lowest BCUT2D eigenvalue weighted by Gasteiger charge is -2.30. The number of rotatable bonds is 7. The number of amides is 2. The summed E-state index contributed by atoms with van der Waals surface area (Å²) in [6.45, 7) is 0.463. The third-order valence-corrected chi connectivity index (χ3v) is 6.63. The average Bonchev–Trinajstić information content (AvgIpc) is 2.73. The van der Waals surface area contributed by atoms with E-state index in [1.807, 2.05) is 18.2 Å². The molecule has 1 aliphatic rings. The van der Waals surface area contributed by atoms with Gasteiger partial charge in [0.05, 0.1) is 24.2 Å². The standard InChI is InChI=1S/C20H24N4O4S/c25-19(23-18-7-4-10-21-13-18)14-22-20(26)17-8-11-24(12-9-17)29(27,28)15-16-5-2-1-3-6-16/h1-7,10,13,17H,8-9,11-12,14-15H2,(H,22,26)(H,23,25). The Morgan fingerprint density at radius 1 is 1.07 bits per heavy atom. The van der Waals surface area contributed by atoms with Crippen molar-refractivity contribution in [3.8, 4) is 0 Å². The van der Waals surface area contributed by atoms with Gasteiger partial charge in [-0.3, -0.25) is 14.6 Å². The second kappa shape index (κ2) is 9.62. The van der Waals surface area contributed by atoms with Gasteiger partial charge in [0.1, 0.15) is 0 Å². The Bertz CT molecular complexity index is 927. The molecule has 0 radical (unpaired) electrons. The number of anilines is 1. The predicted octanol–water partition coefficient (Wildman–Crippen LogP) is 1.38. The fourth-order valence-electron chi connectivity index (χ4n) is 3.23. The number of piperidine rings is 1. The van der Waals surface area contributed by atoms with Gasteiger partial charge in [-0.05, 0) is 30.5 Å². The molecule has 0 unspecified atom stereocenters. The lowest BCUT2D eigenvalue weighted by Crippen LogP contribution is -2.44. The maximum atomic E-state index is 12.6. The fourth-order valence-corrected chi connectivity index (χ4v) is 4.79. The molecular formula is C20H24N4O4S. The van der Waals surface area contributed by atoms with E-state index in [-0.39, 0.29) is 30.0 Å². The molecule has 1 saturated heterocycles. The van der Waals surface area contributed by atoms with Crippen LogP contribution in [-0.2, 0) is 25.4 Å². The van der Waals surface area contributed by atoms with Crippen molar-refractivity contribution in [2.75, 3.05) is 25.0 Å². The van der Waals surface area contributed by atoms with E-state index in [1.165, 1.54) is 10.5 Å². The second-order valence-electron chi connectivity index (χ2n) is 6.92. The number of carbonyl (C=O) groups is 2. The first-order valence-corrected chi connectivity index (χ1v) is 11.0.